The van der Waals surface area contributed by atoms with Gasteiger partial charge in [-0.05, 0) is 100 Å². The van der Waals surface area contributed by atoms with Gasteiger partial charge in [-0.2, -0.15) is 13.2 Å². The number of aryl methyl sites for hydroxylation is 2. The fourth-order valence-electron chi connectivity index (χ4n) is 6.95. The van der Waals surface area contributed by atoms with Gasteiger partial charge in [-0.3, -0.25) is 4.79 Å². The van der Waals surface area contributed by atoms with Gasteiger partial charge in [0.1, 0.15) is 22.2 Å². The Labute approximate surface area is 316 Å². The second kappa shape index (κ2) is 16.7. The molecule has 1 aliphatic carbocycles. The summed E-state index contributed by atoms with van der Waals surface area (Å²) in [7, 11) is 5.74. The quantitative estimate of drug-likeness (QED) is 0.109. The van der Waals surface area contributed by atoms with Crippen molar-refractivity contribution in [1.82, 2.24) is 5.32 Å². The first-order chi connectivity index (χ1) is 25.5. The molecule has 1 amide bonds. The topological polar surface area (TPSA) is 91.1 Å². The molecule has 286 valence electrons. The van der Waals surface area contributed by atoms with Gasteiger partial charge in [-0.15, -0.1) is 0 Å². The Hall–Kier alpha value is -4.78. The molecule has 3 aromatic carbocycles. The molecule has 5 rings (SSSR count). The molecule has 8 nitrogen and oxygen atoms in total. The maximum Gasteiger partial charge on any atom is 0.416 e. The number of ether oxygens (including phenoxy) is 2. The van der Waals surface area contributed by atoms with Gasteiger partial charge in [-0.1, -0.05) is 36.9 Å². The van der Waals surface area contributed by atoms with Crippen LogP contribution in [-0.2, 0) is 22.1 Å². The number of anilines is 1. The number of hydrogen-bond donors (Lipinski definition) is 2. The predicted octanol–water partition coefficient (Wildman–Crippen LogP) is 6.65. The second-order valence-corrected chi connectivity index (χ2v) is 18.9. The number of nitrogens with one attached hydrogen (secondary N) is 1. The van der Waals surface area contributed by atoms with E-state index in [1.807, 2.05) is 40.3 Å². The van der Waals surface area contributed by atoms with Gasteiger partial charge in [0.25, 0.3) is 5.91 Å². The largest absolute Gasteiger partial charge is 0.478 e. The summed E-state index contributed by atoms with van der Waals surface area (Å²) in [5, 5.41) is 15.6. The van der Waals surface area contributed by atoms with Crippen molar-refractivity contribution in [3.8, 4) is 0 Å². The highest BCUT2D eigenvalue weighted by molar-refractivity contribution is 6.98. The minimum atomic E-state index is -4.39. The summed E-state index contributed by atoms with van der Waals surface area (Å²) in [6, 6.07) is 15.4. The number of hydrogen-bond acceptors (Lipinski definition) is 5. The van der Waals surface area contributed by atoms with E-state index in [0.29, 0.717) is 29.7 Å². The van der Waals surface area contributed by atoms with E-state index in [0.717, 1.165) is 28.1 Å². The Kier molecular flexibility index (Phi) is 12.5. The van der Waals surface area contributed by atoms with Crippen LogP contribution >= 0.6 is 0 Å². The zero-order valence-electron chi connectivity index (χ0n) is 32.0. The molecule has 0 spiro atoms. The van der Waals surface area contributed by atoms with Crippen LogP contribution in [-0.4, -0.2) is 96.5 Å². The molecular weight excluding hydrogens is 712 g/mol. The average molecular weight is 761 g/mol. The van der Waals surface area contributed by atoms with Crippen LogP contribution < -0.4 is 15.4 Å². The maximum absolute atomic E-state index is 13.4. The Morgan fingerprint density at radius 1 is 0.907 bits per heavy atom. The summed E-state index contributed by atoms with van der Waals surface area (Å²) in [4.78, 5) is 28.1. The summed E-state index contributed by atoms with van der Waals surface area (Å²) in [6.45, 7) is 7.52. The first-order valence-electron chi connectivity index (χ1n) is 18.0. The molecular formula is C42H49F3N3O5Si+. The molecule has 0 radical (unpaired) electrons. The summed E-state index contributed by atoms with van der Waals surface area (Å²) in [6.07, 6.45) is 2.63. The van der Waals surface area contributed by atoms with E-state index in [-0.39, 0.29) is 49.8 Å². The third-order valence-corrected chi connectivity index (χ3v) is 13.4. The van der Waals surface area contributed by atoms with E-state index in [1.54, 1.807) is 19.1 Å². The molecule has 0 saturated carbocycles. The van der Waals surface area contributed by atoms with Crippen molar-refractivity contribution in [2.24, 2.45) is 0 Å². The number of carbonyl (C=O) groups is 2. The Morgan fingerprint density at radius 3 is 2.30 bits per heavy atom. The van der Waals surface area contributed by atoms with E-state index < -0.39 is 25.8 Å². The summed E-state index contributed by atoms with van der Waals surface area (Å²) in [5.74, 6) is -1.44. The Morgan fingerprint density at radius 2 is 1.63 bits per heavy atom. The maximum atomic E-state index is 13.4. The molecule has 54 heavy (non-hydrogen) atoms. The average Bonchev–Trinajstić information content (AvgIpc) is 3.12. The first-order valence-corrected chi connectivity index (χ1v) is 21.0. The normalized spacial score (nSPS) is 14.7. The molecule has 0 aromatic heterocycles. The van der Waals surface area contributed by atoms with Crippen molar-refractivity contribution in [2.45, 2.75) is 39.0 Å². The number of allylic oxidation sites excluding steroid dienone is 5. The number of rotatable bonds is 14. The monoisotopic (exact) mass is 760 g/mol. The van der Waals surface area contributed by atoms with Crippen molar-refractivity contribution < 1.29 is 41.9 Å². The lowest BCUT2D eigenvalue weighted by Gasteiger charge is -2.38. The number of amides is 1. The van der Waals surface area contributed by atoms with Gasteiger partial charge in [0, 0.05) is 50.6 Å². The second-order valence-electron chi connectivity index (χ2n) is 14.6. The number of halogens is 3. The molecule has 2 aliphatic rings. The highest BCUT2D eigenvalue weighted by Crippen LogP contribution is 2.43. The van der Waals surface area contributed by atoms with Gasteiger partial charge >= 0.3 is 12.1 Å². The van der Waals surface area contributed by atoms with Crippen LogP contribution in [0, 0.1) is 6.92 Å². The standard InChI is InChI=1S/C42H48F3N3O5Si/c1-27-10-11-28(36(23-27)42(43,44)45)9-8-19-52-21-22-53-20-18-46-40(49)29-12-15-32(41(50)51)35(24-29)39-33-16-13-30(47(2)3)25-37(33)54(6,7)38-26-31(48(4)5)14-17-34(38)39/h10-17,23-26H,8-9,18-22H2,1-7H3,(H-,46,49,50,51)/p+1. The third-order valence-electron chi connectivity index (χ3n) is 9.92. The fourth-order valence-corrected chi connectivity index (χ4v) is 10.0. The van der Waals surface area contributed by atoms with Crippen LogP contribution in [0.15, 0.2) is 83.6 Å². The Balaban J connectivity index is 1.25. The number of alkyl halides is 3. The minimum absolute atomic E-state index is 0.108. The van der Waals surface area contributed by atoms with E-state index in [1.165, 1.54) is 34.6 Å². The molecule has 12 heteroatoms. The molecule has 0 fully saturated rings. The molecule has 2 N–H and O–H groups in total. The van der Waals surface area contributed by atoms with Crippen LogP contribution in [0.25, 0.3) is 5.57 Å². The lowest BCUT2D eigenvalue weighted by atomic mass is 9.86. The van der Waals surface area contributed by atoms with Crippen molar-refractivity contribution >= 4 is 42.1 Å². The van der Waals surface area contributed by atoms with Crippen molar-refractivity contribution in [1.29, 1.82) is 0 Å². The number of nitrogens with zero attached hydrogens (tertiary/aromatic N) is 2. The Bertz CT molecular complexity index is 2060. The minimum Gasteiger partial charge on any atom is -0.478 e. The van der Waals surface area contributed by atoms with Gasteiger partial charge < -0.3 is 24.8 Å². The third kappa shape index (κ3) is 8.94. The zero-order chi connectivity index (χ0) is 39.4. The molecule has 0 unspecified atom stereocenters. The fraction of sp³-hybridized carbons (Fsp3) is 0.357. The van der Waals surface area contributed by atoms with E-state index >= 15 is 0 Å². The number of carboxylic acid groups (broad SMARTS) is 1. The smallest absolute Gasteiger partial charge is 0.416 e. The van der Waals surface area contributed by atoms with Gasteiger partial charge in [0.15, 0.2) is 5.71 Å². The SMILES string of the molecule is Cc1ccc(CCCOCCOCCNC(=O)c2ccc(C(=O)O)c(C3=C4C=CC(=[N+](C)C)C=C4[Si](C)(C)c4cc(N(C)C)ccc43)c2)c(C(F)(F)F)c1. The number of fused-ring (bicyclic) bond motifs is 2. The van der Waals surface area contributed by atoms with Crippen LogP contribution in [0.5, 0.6) is 0 Å². The molecule has 3 aromatic rings. The molecule has 0 atom stereocenters. The number of carboxylic acids is 1. The van der Waals surface area contributed by atoms with Crippen molar-refractivity contribution in [3.63, 3.8) is 0 Å². The van der Waals surface area contributed by atoms with Crippen LogP contribution in [0.3, 0.4) is 0 Å². The van der Waals surface area contributed by atoms with Crippen molar-refractivity contribution in [2.75, 3.05) is 66.1 Å². The number of carbonyl (C=O) groups excluding carboxylic acids is 1. The number of benzene rings is 3. The van der Waals surface area contributed by atoms with E-state index in [2.05, 4.69) is 52.2 Å². The predicted molar refractivity (Wildman–Crippen MR) is 210 cm³/mol. The van der Waals surface area contributed by atoms with Gasteiger partial charge in [-0.25, -0.2) is 9.37 Å². The van der Waals surface area contributed by atoms with Crippen LogP contribution in [0.2, 0.25) is 13.1 Å². The van der Waals surface area contributed by atoms with Crippen LogP contribution in [0.1, 0.15) is 55.0 Å². The highest BCUT2D eigenvalue weighted by atomic mass is 28.3. The van der Waals surface area contributed by atoms with E-state index in [4.69, 9.17) is 9.47 Å². The van der Waals surface area contributed by atoms with Gasteiger partial charge in [0.2, 0.25) is 0 Å². The first kappa shape index (κ1) is 40.4. The lowest BCUT2D eigenvalue weighted by Crippen LogP contribution is -2.49. The summed E-state index contributed by atoms with van der Waals surface area (Å²) >= 11 is 0. The summed E-state index contributed by atoms with van der Waals surface area (Å²) < 4.78 is 53.4. The molecule has 0 bridgehead atoms. The van der Waals surface area contributed by atoms with Gasteiger partial charge in [0.05, 0.1) is 30.9 Å². The molecule has 1 aliphatic heterocycles. The lowest BCUT2D eigenvalue weighted by molar-refractivity contribution is -0.462. The molecule has 1 heterocycles. The summed E-state index contributed by atoms with van der Waals surface area (Å²) in [5.41, 5.74) is 5.97. The van der Waals surface area contributed by atoms with Crippen molar-refractivity contribution in [3.05, 3.63) is 123 Å². The molecule has 0 saturated heterocycles. The van der Waals surface area contributed by atoms with Crippen LogP contribution in [0.4, 0.5) is 18.9 Å². The highest BCUT2D eigenvalue weighted by Gasteiger charge is 2.41. The van der Waals surface area contributed by atoms with E-state index in [9.17, 15) is 27.9 Å². The zero-order valence-corrected chi connectivity index (χ0v) is 33.0. The number of aromatic carboxylic acids is 1.